The van der Waals surface area contributed by atoms with E-state index in [4.69, 9.17) is 9.26 Å². The topological polar surface area (TPSA) is 105 Å². The number of aromatic nitrogens is 1. The molecule has 0 radical (unpaired) electrons. The normalized spacial score (nSPS) is 23.4. The Bertz CT molecular complexity index is 683. The maximum atomic E-state index is 12.8. The van der Waals surface area contributed by atoms with E-state index in [9.17, 15) is 13.2 Å². The van der Waals surface area contributed by atoms with E-state index in [-0.39, 0.29) is 29.7 Å². The van der Waals surface area contributed by atoms with Crippen molar-refractivity contribution in [2.24, 2.45) is 0 Å². The molecule has 0 aromatic carbocycles. The second kappa shape index (κ2) is 6.79. The number of morpholine rings is 1. The van der Waals surface area contributed by atoms with E-state index >= 15 is 0 Å². The van der Waals surface area contributed by atoms with Crippen LogP contribution in [-0.4, -0.2) is 80.7 Å². The van der Waals surface area contributed by atoms with Crippen LogP contribution < -0.4 is 5.32 Å². The summed E-state index contributed by atoms with van der Waals surface area (Å²) in [5.74, 6) is 0.198. The Hall–Kier alpha value is -1.49. The van der Waals surface area contributed by atoms with E-state index in [1.54, 1.807) is 18.7 Å². The quantitative estimate of drug-likeness (QED) is 0.747. The first-order chi connectivity index (χ1) is 11.4. The van der Waals surface area contributed by atoms with Crippen molar-refractivity contribution in [1.29, 1.82) is 0 Å². The van der Waals surface area contributed by atoms with Crippen LogP contribution in [0, 0.1) is 13.8 Å². The lowest BCUT2D eigenvalue weighted by Gasteiger charge is -2.36. The summed E-state index contributed by atoms with van der Waals surface area (Å²) in [6.07, 6.45) is -0.482. The molecule has 2 aliphatic rings. The number of nitrogens with zero attached hydrogens (tertiary/aromatic N) is 3. The summed E-state index contributed by atoms with van der Waals surface area (Å²) in [7, 11) is -3.66. The van der Waals surface area contributed by atoms with Gasteiger partial charge >= 0.3 is 0 Å². The Morgan fingerprint density at radius 3 is 2.50 bits per heavy atom. The molecule has 1 aromatic heterocycles. The lowest BCUT2D eigenvalue weighted by atomic mass is 10.2. The molecule has 9 nitrogen and oxygen atoms in total. The van der Waals surface area contributed by atoms with Crippen LogP contribution in [-0.2, 0) is 19.6 Å². The minimum absolute atomic E-state index is 0.0865. The molecule has 24 heavy (non-hydrogen) atoms. The minimum Gasteiger partial charge on any atom is -0.366 e. The number of hydrogen-bond acceptors (Lipinski definition) is 7. The van der Waals surface area contributed by atoms with Gasteiger partial charge in [0, 0.05) is 39.3 Å². The van der Waals surface area contributed by atoms with Crippen molar-refractivity contribution in [3.63, 3.8) is 0 Å². The second-order valence-corrected chi connectivity index (χ2v) is 7.82. The standard InChI is InChI=1S/C14H22N4O5S/c1-10-13(11(2)23-16-10)24(20,21)18-6-4-17(5-7-18)14(19)12-9-15-3-8-22-12/h12,15H,3-9H2,1-2H3. The van der Waals surface area contributed by atoms with Crippen LogP contribution in [0.5, 0.6) is 0 Å². The van der Waals surface area contributed by atoms with Crippen molar-refractivity contribution in [1.82, 2.24) is 19.7 Å². The Morgan fingerprint density at radius 2 is 1.96 bits per heavy atom. The Kier molecular flexibility index (Phi) is 4.90. The molecule has 1 aromatic rings. The zero-order valence-electron chi connectivity index (χ0n) is 13.8. The predicted molar refractivity (Wildman–Crippen MR) is 83.9 cm³/mol. The maximum absolute atomic E-state index is 12.8. The fraction of sp³-hybridized carbons (Fsp3) is 0.714. The van der Waals surface area contributed by atoms with Crippen LogP contribution in [0.15, 0.2) is 9.42 Å². The number of ether oxygens (including phenoxy) is 1. The number of rotatable bonds is 3. The van der Waals surface area contributed by atoms with E-state index in [1.807, 2.05) is 0 Å². The van der Waals surface area contributed by atoms with Gasteiger partial charge in [-0.25, -0.2) is 8.42 Å². The first-order valence-corrected chi connectivity index (χ1v) is 9.39. The molecule has 10 heteroatoms. The lowest BCUT2D eigenvalue weighted by Crippen LogP contribution is -2.55. The molecule has 0 saturated carbocycles. The molecular weight excluding hydrogens is 336 g/mol. The molecule has 2 fully saturated rings. The van der Waals surface area contributed by atoms with E-state index in [0.29, 0.717) is 31.9 Å². The summed E-state index contributed by atoms with van der Waals surface area (Å²) in [4.78, 5) is 14.2. The summed E-state index contributed by atoms with van der Waals surface area (Å²) >= 11 is 0. The molecule has 0 aliphatic carbocycles. The highest BCUT2D eigenvalue weighted by Crippen LogP contribution is 2.24. The highest BCUT2D eigenvalue weighted by Gasteiger charge is 2.36. The molecule has 0 spiro atoms. The van der Waals surface area contributed by atoms with E-state index in [0.717, 1.165) is 6.54 Å². The Labute approximate surface area is 141 Å². The number of carbonyl (C=O) groups is 1. The number of sulfonamides is 1. The molecular formula is C14H22N4O5S. The van der Waals surface area contributed by atoms with Crippen LogP contribution in [0.4, 0.5) is 0 Å². The maximum Gasteiger partial charge on any atom is 0.253 e. The summed E-state index contributed by atoms with van der Waals surface area (Å²) in [5.41, 5.74) is 0.354. The van der Waals surface area contributed by atoms with Crippen molar-refractivity contribution >= 4 is 15.9 Å². The molecule has 2 aliphatic heterocycles. The minimum atomic E-state index is -3.66. The number of aryl methyl sites for hydroxylation is 2. The number of hydrogen-bond donors (Lipinski definition) is 1. The SMILES string of the molecule is Cc1noc(C)c1S(=O)(=O)N1CCN(C(=O)C2CNCCO2)CC1. The van der Waals surface area contributed by atoms with Crippen LogP contribution in [0.1, 0.15) is 11.5 Å². The fourth-order valence-electron chi connectivity index (χ4n) is 3.05. The third kappa shape index (κ3) is 3.18. The van der Waals surface area contributed by atoms with Crippen molar-refractivity contribution in [3.05, 3.63) is 11.5 Å². The van der Waals surface area contributed by atoms with Crippen molar-refractivity contribution in [2.75, 3.05) is 45.9 Å². The molecule has 1 N–H and O–H groups in total. The number of amides is 1. The third-order valence-corrected chi connectivity index (χ3v) is 6.46. The van der Waals surface area contributed by atoms with Crippen molar-refractivity contribution in [2.45, 2.75) is 24.8 Å². The summed E-state index contributed by atoms with van der Waals surface area (Å²) in [6, 6.07) is 0. The zero-order valence-corrected chi connectivity index (χ0v) is 14.6. The third-order valence-electron chi connectivity index (χ3n) is 4.32. The van der Waals surface area contributed by atoms with Gasteiger partial charge in [-0.05, 0) is 13.8 Å². The van der Waals surface area contributed by atoms with Gasteiger partial charge in [-0.1, -0.05) is 5.16 Å². The van der Waals surface area contributed by atoms with Gasteiger partial charge in [0.15, 0.2) is 5.76 Å². The van der Waals surface area contributed by atoms with Crippen LogP contribution >= 0.6 is 0 Å². The summed E-state index contributed by atoms with van der Waals surface area (Å²) in [5, 5.41) is 6.84. The van der Waals surface area contributed by atoms with Crippen LogP contribution in [0.25, 0.3) is 0 Å². The largest absolute Gasteiger partial charge is 0.366 e. The van der Waals surface area contributed by atoms with Crippen molar-refractivity contribution < 1.29 is 22.5 Å². The average Bonchev–Trinajstić information content (AvgIpc) is 2.94. The molecule has 0 bridgehead atoms. The molecule has 3 rings (SSSR count). The first kappa shape index (κ1) is 17.3. The number of nitrogens with one attached hydrogen (secondary N) is 1. The van der Waals surface area contributed by atoms with Crippen LogP contribution in [0.2, 0.25) is 0 Å². The smallest absolute Gasteiger partial charge is 0.253 e. The van der Waals surface area contributed by atoms with Crippen LogP contribution in [0.3, 0.4) is 0 Å². The number of piperazine rings is 1. The zero-order chi connectivity index (χ0) is 17.3. The van der Waals surface area contributed by atoms with Crippen molar-refractivity contribution in [3.8, 4) is 0 Å². The van der Waals surface area contributed by atoms with Gasteiger partial charge in [-0.15, -0.1) is 0 Å². The highest BCUT2D eigenvalue weighted by atomic mass is 32.2. The summed E-state index contributed by atoms with van der Waals surface area (Å²) in [6.45, 7) is 6.14. The van der Waals surface area contributed by atoms with Gasteiger partial charge in [-0.3, -0.25) is 4.79 Å². The highest BCUT2D eigenvalue weighted by molar-refractivity contribution is 7.89. The van der Waals surface area contributed by atoms with E-state index in [1.165, 1.54) is 4.31 Å². The second-order valence-electron chi connectivity index (χ2n) is 5.95. The number of carbonyl (C=O) groups excluding carboxylic acids is 1. The predicted octanol–water partition coefficient (Wildman–Crippen LogP) is -0.887. The van der Waals surface area contributed by atoms with Gasteiger partial charge < -0.3 is 19.5 Å². The first-order valence-electron chi connectivity index (χ1n) is 7.95. The van der Waals surface area contributed by atoms with Gasteiger partial charge in [0.05, 0.1) is 6.61 Å². The monoisotopic (exact) mass is 358 g/mol. The molecule has 1 unspecified atom stereocenters. The van der Waals surface area contributed by atoms with Gasteiger partial charge in [-0.2, -0.15) is 4.31 Å². The molecule has 3 heterocycles. The van der Waals surface area contributed by atoms with E-state index in [2.05, 4.69) is 10.5 Å². The fourth-order valence-corrected chi connectivity index (χ4v) is 4.76. The van der Waals surface area contributed by atoms with Gasteiger partial charge in [0.1, 0.15) is 16.7 Å². The lowest BCUT2D eigenvalue weighted by molar-refractivity contribution is -0.146. The molecule has 134 valence electrons. The molecule has 1 amide bonds. The van der Waals surface area contributed by atoms with E-state index < -0.39 is 16.1 Å². The van der Waals surface area contributed by atoms with Gasteiger partial charge in [0.2, 0.25) is 10.0 Å². The Balaban J connectivity index is 1.65. The summed E-state index contributed by atoms with van der Waals surface area (Å²) < 4.78 is 37.3. The van der Waals surface area contributed by atoms with Gasteiger partial charge in [0.25, 0.3) is 5.91 Å². The molecule has 1 atom stereocenters. The Morgan fingerprint density at radius 1 is 1.25 bits per heavy atom. The molecule has 2 saturated heterocycles. The average molecular weight is 358 g/mol.